The quantitative estimate of drug-likeness (QED) is 0.306. The highest BCUT2D eigenvalue weighted by Crippen LogP contribution is 2.25. The van der Waals surface area contributed by atoms with E-state index in [0.717, 1.165) is 0 Å². The lowest BCUT2D eigenvalue weighted by molar-refractivity contribution is 0.220. The molecular formula is CH4ClO6P. The predicted octanol–water partition coefficient (Wildman–Crippen LogP) is -0.0254. The summed E-state index contributed by atoms with van der Waals surface area (Å²) < 4.78 is 8.88. The van der Waals surface area contributed by atoms with Crippen LogP contribution in [0.15, 0.2) is 0 Å². The van der Waals surface area contributed by atoms with Gasteiger partial charge in [-0.3, -0.25) is 0 Å². The standard InChI is InChI=1S/CHClO2.H3O4P/c2-1(3)4;1-5(2,3)4/h(H,3,4);(H3,1,2,3,4). The van der Waals surface area contributed by atoms with Crippen LogP contribution < -0.4 is 0 Å². The highest BCUT2D eigenvalue weighted by Gasteiger charge is 2.00. The number of hydrogen-bond acceptors (Lipinski definition) is 2. The second-order valence-electron chi connectivity index (χ2n) is 0.766. The first-order valence-electron chi connectivity index (χ1n) is 1.40. The van der Waals surface area contributed by atoms with Crippen LogP contribution in [-0.4, -0.2) is 25.2 Å². The summed E-state index contributed by atoms with van der Waals surface area (Å²) in [5.41, 5.74) is -1.36. The summed E-state index contributed by atoms with van der Waals surface area (Å²) in [5.74, 6) is 0. The van der Waals surface area contributed by atoms with E-state index in [9.17, 15) is 0 Å². The molecule has 56 valence electrons. The van der Waals surface area contributed by atoms with Crippen molar-refractivity contribution in [2.75, 3.05) is 0 Å². The molecule has 0 aromatic rings. The van der Waals surface area contributed by atoms with Crippen LogP contribution in [-0.2, 0) is 4.57 Å². The summed E-state index contributed by atoms with van der Waals surface area (Å²) in [6, 6.07) is 0. The van der Waals surface area contributed by atoms with E-state index in [4.69, 9.17) is 29.1 Å². The van der Waals surface area contributed by atoms with E-state index in [1.165, 1.54) is 0 Å². The predicted molar refractivity (Wildman–Crippen MR) is 28.1 cm³/mol. The van der Waals surface area contributed by atoms with Crippen molar-refractivity contribution >= 4 is 24.9 Å². The fourth-order valence-corrected chi connectivity index (χ4v) is 0. The summed E-state index contributed by atoms with van der Waals surface area (Å²) in [4.78, 5) is 30.3. The second-order valence-corrected chi connectivity index (χ2v) is 2.12. The molecule has 0 aliphatic rings. The van der Waals surface area contributed by atoms with Gasteiger partial charge in [-0.15, -0.1) is 0 Å². The number of carbonyl (C=O) groups is 1. The highest BCUT2D eigenvalue weighted by molar-refractivity contribution is 7.45. The molecule has 0 spiro atoms. The minimum absolute atomic E-state index is 1.36. The van der Waals surface area contributed by atoms with Gasteiger partial charge in [0.2, 0.25) is 0 Å². The number of halogens is 1. The first-order valence-corrected chi connectivity index (χ1v) is 3.34. The van der Waals surface area contributed by atoms with Gasteiger partial charge in [0.05, 0.1) is 0 Å². The number of phosphoric acid groups is 1. The van der Waals surface area contributed by atoms with E-state index >= 15 is 0 Å². The maximum Gasteiger partial charge on any atom is 0.466 e. The molecule has 0 aromatic carbocycles. The molecule has 0 rings (SSSR count). The van der Waals surface area contributed by atoms with Crippen LogP contribution in [0.3, 0.4) is 0 Å². The van der Waals surface area contributed by atoms with Gasteiger partial charge in [-0.1, -0.05) is 0 Å². The highest BCUT2D eigenvalue weighted by atomic mass is 35.5. The SMILES string of the molecule is O=C(O)Cl.O=P(O)(O)O. The monoisotopic (exact) mass is 178 g/mol. The van der Waals surface area contributed by atoms with Crippen molar-refractivity contribution in [2.45, 2.75) is 0 Å². The Morgan fingerprint density at radius 3 is 1.33 bits per heavy atom. The molecule has 0 saturated heterocycles. The largest absolute Gasteiger partial charge is 0.469 e. The van der Waals surface area contributed by atoms with E-state index in [0.29, 0.717) is 0 Å². The Morgan fingerprint density at radius 2 is 1.33 bits per heavy atom. The van der Waals surface area contributed by atoms with Gasteiger partial charge in [0.1, 0.15) is 0 Å². The molecule has 0 aliphatic heterocycles. The number of rotatable bonds is 0. The molecule has 4 N–H and O–H groups in total. The van der Waals surface area contributed by atoms with Gasteiger partial charge in [0.25, 0.3) is 0 Å². The van der Waals surface area contributed by atoms with Crippen LogP contribution in [0, 0.1) is 0 Å². The molecule has 0 atom stereocenters. The summed E-state index contributed by atoms with van der Waals surface area (Å²) in [7, 11) is -4.64. The molecule has 0 radical (unpaired) electrons. The van der Waals surface area contributed by atoms with E-state index in [-0.39, 0.29) is 0 Å². The van der Waals surface area contributed by atoms with E-state index < -0.39 is 13.3 Å². The van der Waals surface area contributed by atoms with Gasteiger partial charge in [-0.05, 0) is 0 Å². The third-order valence-electron chi connectivity index (χ3n) is 0. The second kappa shape index (κ2) is 4.72. The van der Waals surface area contributed by atoms with Gasteiger partial charge in [-0.2, -0.15) is 0 Å². The van der Waals surface area contributed by atoms with Gasteiger partial charge < -0.3 is 19.8 Å². The molecule has 8 heteroatoms. The average molecular weight is 178 g/mol. The number of carboxylic acid groups (broad SMARTS) is 1. The van der Waals surface area contributed by atoms with E-state index in [1.807, 2.05) is 0 Å². The van der Waals surface area contributed by atoms with Crippen molar-refractivity contribution < 1.29 is 29.1 Å². The molecule has 0 heterocycles. The summed E-state index contributed by atoms with van der Waals surface area (Å²) in [5, 5.41) is 7.18. The Kier molecular flexibility index (Phi) is 6.11. The first-order chi connectivity index (χ1) is 3.73. The molecule has 0 fully saturated rings. The lowest BCUT2D eigenvalue weighted by Crippen LogP contribution is -1.66. The lowest BCUT2D eigenvalue weighted by atomic mass is 11.6. The summed E-state index contributed by atoms with van der Waals surface area (Å²) in [6.07, 6.45) is 0. The van der Waals surface area contributed by atoms with Crippen molar-refractivity contribution in [1.29, 1.82) is 0 Å². The van der Waals surface area contributed by atoms with Gasteiger partial charge in [0, 0.05) is 11.6 Å². The maximum absolute atomic E-state index is 8.88. The van der Waals surface area contributed by atoms with Crippen LogP contribution in [0.4, 0.5) is 4.79 Å². The van der Waals surface area contributed by atoms with Gasteiger partial charge in [-0.25, -0.2) is 9.36 Å². The Labute approximate surface area is 54.9 Å². The number of hydrogen-bond donors (Lipinski definition) is 4. The van der Waals surface area contributed by atoms with Crippen LogP contribution in [0.25, 0.3) is 0 Å². The van der Waals surface area contributed by atoms with Crippen LogP contribution in [0.5, 0.6) is 0 Å². The Hall–Kier alpha value is -0.130. The van der Waals surface area contributed by atoms with Crippen LogP contribution in [0.2, 0.25) is 0 Å². The fourth-order valence-electron chi connectivity index (χ4n) is 0. The zero-order chi connectivity index (χ0) is 8.08. The first kappa shape index (κ1) is 11.6. The molecule has 9 heavy (non-hydrogen) atoms. The molecule has 0 bridgehead atoms. The minimum Gasteiger partial charge on any atom is -0.469 e. The van der Waals surface area contributed by atoms with E-state index in [2.05, 4.69) is 11.6 Å². The minimum atomic E-state index is -4.64. The Bertz CT molecular complexity index is 113. The van der Waals surface area contributed by atoms with Gasteiger partial charge in [0.15, 0.2) is 0 Å². The van der Waals surface area contributed by atoms with Crippen molar-refractivity contribution in [2.24, 2.45) is 0 Å². The van der Waals surface area contributed by atoms with Crippen LogP contribution >= 0.6 is 19.4 Å². The third kappa shape index (κ3) is 16000. The normalized spacial score (nSPS) is 9.33. The molecule has 0 saturated carbocycles. The lowest BCUT2D eigenvalue weighted by Gasteiger charge is -1.82. The van der Waals surface area contributed by atoms with Gasteiger partial charge >= 0.3 is 13.3 Å². The summed E-state index contributed by atoms with van der Waals surface area (Å²) in [6.45, 7) is 0. The smallest absolute Gasteiger partial charge is 0.466 e. The van der Waals surface area contributed by atoms with E-state index in [1.54, 1.807) is 0 Å². The van der Waals surface area contributed by atoms with Crippen LogP contribution in [0.1, 0.15) is 0 Å². The molecule has 0 amide bonds. The molecule has 6 nitrogen and oxygen atoms in total. The van der Waals surface area contributed by atoms with Crippen molar-refractivity contribution in [3.8, 4) is 0 Å². The molecule has 0 unspecified atom stereocenters. The van der Waals surface area contributed by atoms with Crippen molar-refractivity contribution in [3.05, 3.63) is 0 Å². The zero-order valence-corrected chi connectivity index (χ0v) is 5.58. The topological polar surface area (TPSA) is 115 Å². The van der Waals surface area contributed by atoms with Crippen molar-refractivity contribution in [3.63, 3.8) is 0 Å². The summed E-state index contributed by atoms with van der Waals surface area (Å²) >= 11 is 4.19. The molecule has 0 aliphatic carbocycles. The Balaban J connectivity index is 0. The van der Waals surface area contributed by atoms with Crippen molar-refractivity contribution in [1.82, 2.24) is 0 Å². The fraction of sp³-hybridized carbons (Fsp3) is 0. The zero-order valence-electron chi connectivity index (χ0n) is 3.93. The molecule has 0 aromatic heterocycles. The maximum atomic E-state index is 8.88. The third-order valence-corrected chi connectivity index (χ3v) is 0. The molecular weight excluding hydrogens is 174 g/mol. The Morgan fingerprint density at radius 1 is 1.33 bits per heavy atom. The average Bonchev–Trinajstić information content (AvgIpc) is 1.19.